The van der Waals surface area contributed by atoms with Gasteiger partial charge in [0.2, 0.25) is 5.70 Å². The summed E-state index contributed by atoms with van der Waals surface area (Å²) >= 11 is 7.01. The van der Waals surface area contributed by atoms with Gasteiger partial charge in [0.15, 0.2) is 17.4 Å². The van der Waals surface area contributed by atoms with Crippen LogP contribution in [0.1, 0.15) is 21.6 Å². The minimum atomic E-state index is -0.158. The van der Waals surface area contributed by atoms with Crippen LogP contribution in [0.3, 0.4) is 0 Å². The third-order valence-electron chi connectivity index (χ3n) is 4.20. The van der Waals surface area contributed by atoms with Crippen LogP contribution in [0.2, 0.25) is 0 Å². The SMILES string of the molecule is Cc1cccc(C)c1NC(=S)C(=C([O-])c1cccs1)[n+]1cccc(CO)c1. The van der Waals surface area contributed by atoms with Crippen molar-refractivity contribution in [2.45, 2.75) is 20.5 Å². The van der Waals surface area contributed by atoms with E-state index in [4.69, 9.17) is 12.2 Å². The lowest BCUT2D eigenvalue weighted by Gasteiger charge is -2.17. The normalized spacial score (nSPS) is 11.8. The number of pyridine rings is 1. The summed E-state index contributed by atoms with van der Waals surface area (Å²) in [6, 6.07) is 13.2. The standard InChI is InChI=1S/C21H20N2O2S2/c1-14-6-3-7-15(2)18(14)22-21(26)19(20(25)17-9-5-11-27-17)23-10-4-8-16(12-23)13-24/h3-12,24H,13H2,1-2H3,(H-,22,25,26). The number of aliphatic hydroxyl groups excluding tert-OH is 1. The first-order chi connectivity index (χ1) is 13.0. The lowest BCUT2D eigenvalue weighted by atomic mass is 10.1. The zero-order valence-corrected chi connectivity index (χ0v) is 16.7. The number of hydrogen-bond acceptors (Lipinski definition) is 4. The first kappa shape index (κ1) is 19.2. The number of nitrogens with one attached hydrogen (secondary N) is 1. The molecule has 27 heavy (non-hydrogen) atoms. The summed E-state index contributed by atoms with van der Waals surface area (Å²) in [5, 5.41) is 27.7. The van der Waals surface area contributed by atoms with Crippen molar-refractivity contribution in [2.75, 3.05) is 5.32 Å². The predicted octanol–water partition coefficient (Wildman–Crippen LogP) is 3.27. The number of aromatic nitrogens is 1. The number of aryl methyl sites for hydroxylation is 2. The van der Waals surface area contributed by atoms with Crippen LogP contribution in [0.25, 0.3) is 11.5 Å². The first-order valence-electron chi connectivity index (χ1n) is 8.45. The number of aliphatic hydroxyl groups is 1. The van der Waals surface area contributed by atoms with Gasteiger partial charge >= 0.3 is 0 Å². The number of para-hydroxylation sites is 1. The minimum Gasteiger partial charge on any atom is -0.867 e. The van der Waals surface area contributed by atoms with Gasteiger partial charge in [-0.15, -0.1) is 11.3 Å². The number of hydrogen-bond donors (Lipinski definition) is 2. The van der Waals surface area contributed by atoms with Crippen LogP contribution in [0.4, 0.5) is 5.69 Å². The Morgan fingerprint density at radius 2 is 1.89 bits per heavy atom. The molecular weight excluding hydrogens is 376 g/mol. The van der Waals surface area contributed by atoms with E-state index >= 15 is 0 Å². The van der Waals surface area contributed by atoms with Crippen molar-refractivity contribution in [3.05, 3.63) is 81.8 Å². The van der Waals surface area contributed by atoms with Crippen molar-refractivity contribution in [1.29, 1.82) is 0 Å². The van der Waals surface area contributed by atoms with E-state index in [2.05, 4.69) is 5.32 Å². The lowest BCUT2D eigenvalue weighted by molar-refractivity contribution is -0.578. The predicted molar refractivity (Wildman–Crippen MR) is 112 cm³/mol. The topological polar surface area (TPSA) is 59.2 Å². The molecule has 0 saturated carbocycles. The Hall–Kier alpha value is -2.54. The van der Waals surface area contributed by atoms with Crippen LogP contribution in [-0.4, -0.2) is 10.1 Å². The molecule has 4 nitrogen and oxygen atoms in total. The minimum absolute atomic E-state index is 0.113. The Labute approximate surface area is 168 Å². The van der Waals surface area contributed by atoms with Gasteiger partial charge in [-0.2, -0.15) is 4.57 Å². The van der Waals surface area contributed by atoms with E-state index in [1.165, 1.54) is 11.3 Å². The van der Waals surface area contributed by atoms with Gasteiger partial charge in [0.05, 0.1) is 6.61 Å². The molecule has 1 aromatic carbocycles. The molecule has 3 aromatic rings. The van der Waals surface area contributed by atoms with Crippen LogP contribution in [0.5, 0.6) is 0 Å². The molecule has 138 valence electrons. The summed E-state index contributed by atoms with van der Waals surface area (Å²) in [4.78, 5) is 0.948. The molecule has 0 atom stereocenters. The fraction of sp³-hybridized carbons (Fsp3) is 0.143. The zero-order chi connectivity index (χ0) is 19.4. The van der Waals surface area contributed by atoms with Gasteiger partial charge < -0.3 is 15.5 Å². The highest BCUT2D eigenvalue weighted by Crippen LogP contribution is 2.24. The van der Waals surface area contributed by atoms with Crippen molar-refractivity contribution in [3.63, 3.8) is 0 Å². The molecule has 0 radical (unpaired) electrons. The quantitative estimate of drug-likeness (QED) is 0.301. The molecule has 0 amide bonds. The molecule has 0 aliphatic carbocycles. The van der Waals surface area contributed by atoms with Gasteiger partial charge in [-0.25, -0.2) is 0 Å². The zero-order valence-electron chi connectivity index (χ0n) is 15.1. The van der Waals surface area contributed by atoms with Gasteiger partial charge in [-0.05, 0) is 48.2 Å². The number of thiophene rings is 1. The molecule has 2 heterocycles. The second-order valence-corrected chi connectivity index (χ2v) is 7.51. The van der Waals surface area contributed by atoms with E-state index in [0.29, 0.717) is 21.1 Å². The highest BCUT2D eigenvalue weighted by atomic mass is 32.1. The second kappa shape index (κ2) is 8.43. The van der Waals surface area contributed by atoms with Crippen molar-refractivity contribution in [3.8, 4) is 0 Å². The fourth-order valence-corrected chi connectivity index (χ4v) is 3.77. The van der Waals surface area contributed by atoms with E-state index in [1.807, 2.05) is 43.5 Å². The summed E-state index contributed by atoms with van der Waals surface area (Å²) in [6.07, 6.45) is 3.48. The number of rotatable bonds is 5. The molecule has 0 unspecified atom stereocenters. The Bertz CT molecular complexity index is 975. The first-order valence-corrected chi connectivity index (χ1v) is 9.74. The molecular formula is C21H20N2O2S2. The highest BCUT2D eigenvalue weighted by Gasteiger charge is 2.20. The Morgan fingerprint density at radius 3 is 2.52 bits per heavy atom. The molecule has 2 N–H and O–H groups in total. The van der Waals surface area contributed by atoms with Crippen LogP contribution in [-0.2, 0) is 6.61 Å². The average molecular weight is 397 g/mol. The van der Waals surface area contributed by atoms with Crippen molar-refractivity contribution in [1.82, 2.24) is 0 Å². The molecule has 0 aliphatic rings. The molecule has 0 bridgehead atoms. The smallest absolute Gasteiger partial charge is 0.239 e. The lowest BCUT2D eigenvalue weighted by Crippen LogP contribution is -2.40. The maximum Gasteiger partial charge on any atom is 0.239 e. The van der Waals surface area contributed by atoms with E-state index in [0.717, 1.165) is 16.8 Å². The van der Waals surface area contributed by atoms with E-state index in [-0.39, 0.29) is 12.4 Å². The largest absolute Gasteiger partial charge is 0.867 e. The van der Waals surface area contributed by atoms with Crippen LogP contribution in [0.15, 0.2) is 60.2 Å². The fourth-order valence-electron chi connectivity index (χ4n) is 2.80. The molecule has 2 aromatic heterocycles. The maximum absolute atomic E-state index is 13.2. The van der Waals surface area contributed by atoms with Gasteiger partial charge in [0.25, 0.3) is 0 Å². The van der Waals surface area contributed by atoms with E-state index in [1.54, 1.807) is 35.2 Å². The Kier molecular flexibility index (Phi) is 6.01. The molecule has 0 aliphatic heterocycles. The number of thiocarbonyl (C=S) groups is 1. The molecule has 6 heteroatoms. The van der Waals surface area contributed by atoms with Crippen LogP contribution >= 0.6 is 23.6 Å². The molecule has 3 rings (SSSR count). The van der Waals surface area contributed by atoms with Crippen LogP contribution in [0, 0.1) is 13.8 Å². The third-order valence-corrected chi connectivity index (χ3v) is 5.36. The van der Waals surface area contributed by atoms with E-state index < -0.39 is 0 Å². The third kappa shape index (κ3) is 4.24. The van der Waals surface area contributed by atoms with Gasteiger partial charge in [0.1, 0.15) is 0 Å². The Morgan fingerprint density at radius 1 is 1.15 bits per heavy atom. The molecule has 0 spiro atoms. The maximum atomic E-state index is 13.2. The highest BCUT2D eigenvalue weighted by molar-refractivity contribution is 7.81. The summed E-state index contributed by atoms with van der Waals surface area (Å²) < 4.78 is 1.68. The monoisotopic (exact) mass is 396 g/mol. The van der Waals surface area contributed by atoms with Crippen LogP contribution < -0.4 is 15.0 Å². The molecule has 0 fully saturated rings. The summed E-state index contributed by atoms with van der Waals surface area (Å²) in [6.45, 7) is 3.88. The number of benzene rings is 1. The Balaban J connectivity index is 2.10. The molecule has 0 saturated heterocycles. The van der Waals surface area contributed by atoms with Gasteiger partial charge in [-0.3, -0.25) is 0 Å². The second-order valence-electron chi connectivity index (χ2n) is 6.15. The number of nitrogens with zero attached hydrogens (tertiary/aromatic N) is 1. The summed E-state index contributed by atoms with van der Waals surface area (Å²) in [7, 11) is 0. The average Bonchev–Trinajstić information content (AvgIpc) is 3.20. The van der Waals surface area contributed by atoms with Crippen molar-refractivity contribution < 1.29 is 14.8 Å². The van der Waals surface area contributed by atoms with Crippen molar-refractivity contribution in [2.24, 2.45) is 0 Å². The van der Waals surface area contributed by atoms with Gasteiger partial charge in [-0.1, -0.05) is 36.5 Å². The van der Waals surface area contributed by atoms with Crippen molar-refractivity contribution >= 4 is 45.7 Å². The summed E-state index contributed by atoms with van der Waals surface area (Å²) in [5.74, 6) is -0.158. The summed E-state index contributed by atoms with van der Waals surface area (Å²) in [5.41, 5.74) is 4.05. The van der Waals surface area contributed by atoms with E-state index in [9.17, 15) is 10.2 Å². The number of anilines is 1. The van der Waals surface area contributed by atoms with Gasteiger partial charge in [0, 0.05) is 22.2 Å².